The van der Waals surface area contributed by atoms with E-state index in [2.05, 4.69) is 37.9 Å². The van der Waals surface area contributed by atoms with Crippen LogP contribution in [0, 0.1) is 23.2 Å². The molecule has 0 unspecified atom stereocenters. The van der Waals surface area contributed by atoms with E-state index in [1.807, 2.05) is 0 Å². The molecule has 1 aliphatic rings. The quantitative estimate of drug-likeness (QED) is 0.518. The maximum atomic E-state index is 3.39. The molecular formula is C12H21N. The predicted octanol–water partition coefficient (Wildman–Crippen LogP) is 2.43. The summed E-state index contributed by atoms with van der Waals surface area (Å²) >= 11 is 0. The lowest BCUT2D eigenvalue weighted by molar-refractivity contribution is 0.306. The fourth-order valence-corrected chi connectivity index (χ4v) is 1.35. The summed E-state index contributed by atoms with van der Waals surface area (Å²) in [4.78, 5) is 0. The summed E-state index contributed by atoms with van der Waals surface area (Å²) in [5.41, 5.74) is 0.151. The lowest BCUT2D eigenvalue weighted by atomic mass is 9.85. The molecule has 1 heteroatoms. The van der Waals surface area contributed by atoms with Crippen LogP contribution in [0.15, 0.2) is 0 Å². The normalized spacial score (nSPS) is 17.5. The first-order valence-electron chi connectivity index (χ1n) is 5.29. The van der Waals surface area contributed by atoms with E-state index in [1.165, 1.54) is 25.8 Å². The molecule has 0 radical (unpaired) electrons. The van der Waals surface area contributed by atoms with Crippen LogP contribution >= 0.6 is 0 Å². The van der Waals surface area contributed by atoms with Gasteiger partial charge in [-0.3, -0.25) is 0 Å². The summed E-state index contributed by atoms with van der Waals surface area (Å²) in [7, 11) is 0. The predicted molar refractivity (Wildman–Crippen MR) is 57.4 cm³/mol. The zero-order chi connectivity index (χ0) is 9.73. The summed E-state index contributed by atoms with van der Waals surface area (Å²) in [6, 6.07) is 0. The van der Waals surface area contributed by atoms with E-state index in [-0.39, 0.29) is 5.41 Å². The maximum Gasteiger partial charge on any atom is 0.0576 e. The van der Waals surface area contributed by atoms with Crippen molar-refractivity contribution in [3.63, 3.8) is 0 Å². The molecule has 13 heavy (non-hydrogen) atoms. The highest BCUT2D eigenvalue weighted by molar-refractivity contribution is 5.08. The molecule has 0 spiro atoms. The molecule has 1 saturated carbocycles. The van der Waals surface area contributed by atoms with Crippen LogP contribution in [-0.2, 0) is 0 Å². The molecule has 1 aliphatic carbocycles. The van der Waals surface area contributed by atoms with Gasteiger partial charge in [-0.1, -0.05) is 18.3 Å². The van der Waals surface area contributed by atoms with Crippen LogP contribution in [0.5, 0.6) is 0 Å². The van der Waals surface area contributed by atoms with Gasteiger partial charge in [0, 0.05) is 5.41 Å². The summed E-state index contributed by atoms with van der Waals surface area (Å²) in [5.74, 6) is 7.33. The van der Waals surface area contributed by atoms with Crippen molar-refractivity contribution in [2.75, 3.05) is 13.1 Å². The highest BCUT2D eigenvalue weighted by atomic mass is 14.8. The fourth-order valence-electron chi connectivity index (χ4n) is 1.35. The van der Waals surface area contributed by atoms with Gasteiger partial charge in [-0.15, -0.1) is 0 Å². The average molecular weight is 179 g/mol. The van der Waals surface area contributed by atoms with Crippen LogP contribution in [0.2, 0.25) is 0 Å². The Kier molecular flexibility index (Phi) is 3.81. The van der Waals surface area contributed by atoms with Crippen LogP contribution in [0.25, 0.3) is 0 Å². The molecule has 0 heterocycles. The molecule has 0 atom stereocenters. The Hall–Kier alpha value is -0.480. The number of nitrogens with one attached hydrogen (secondary N) is 1. The molecule has 1 fully saturated rings. The Morgan fingerprint density at radius 1 is 1.31 bits per heavy atom. The first-order chi connectivity index (χ1) is 6.08. The van der Waals surface area contributed by atoms with Crippen molar-refractivity contribution in [3.8, 4) is 11.8 Å². The molecule has 74 valence electrons. The molecule has 0 aromatic rings. The van der Waals surface area contributed by atoms with Crippen LogP contribution in [-0.4, -0.2) is 13.1 Å². The SMILES string of the molecule is CC(C)(C)C#CCNCC1CCC1. The summed E-state index contributed by atoms with van der Waals surface area (Å²) < 4.78 is 0. The minimum atomic E-state index is 0.151. The van der Waals surface area contributed by atoms with E-state index < -0.39 is 0 Å². The van der Waals surface area contributed by atoms with Gasteiger partial charge in [0.15, 0.2) is 0 Å². The molecule has 0 bridgehead atoms. The van der Waals surface area contributed by atoms with Crippen molar-refractivity contribution < 1.29 is 0 Å². The first kappa shape index (κ1) is 10.6. The third-order valence-electron chi connectivity index (χ3n) is 2.33. The van der Waals surface area contributed by atoms with Gasteiger partial charge in [0.2, 0.25) is 0 Å². The third-order valence-corrected chi connectivity index (χ3v) is 2.33. The van der Waals surface area contributed by atoms with Crippen LogP contribution in [0.1, 0.15) is 40.0 Å². The van der Waals surface area contributed by atoms with E-state index in [4.69, 9.17) is 0 Å². The molecular weight excluding hydrogens is 158 g/mol. The summed E-state index contributed by atoms with van der Waals surface area (Å²) in [6.45, 7) is 8.45. The Balaban J connectivity index is 2.01. The third kappa shape index (κ3) is 4.95. The van der Waals surface area contributed by atoms with Gasteiger partial charge in [-0.25, -0.2) is 0 Å². The van der Waals surface area contributed by atoms with Gasteiger partial charge in [0.1, 0.15) is 0 Å². The Labute approximate surface area is 82.3 Å². The van der Waals surface area contributed by atoms with Gasteiger partial charge in [-0.05, 0) is 46.1 Å². The minimum absolute atomic E-state index is 0.151. The zero-order valence-electron chi connectivity index (χ0n) is 9.11. The van der Waals surface area contributed by atoms with Gasteiger partial charge < -0.3 is 5.32 Å². The zero-order valence-corrected chi connectivity index (χ0v) is 9.11. The van der Waals surface area contributed by atoms with Crippen molar-refractivity contribution in [1.29, 1.82) is 0 Å². The summed E-state index contributed by atoms with van der Waals surface area (Å²) in [6.07, 6.45) is 4.26. The Bertz CT molecular complexity index is 197. The fraction of sp³-hybridized carbons (Fsp3) is 0.833. The molecule has 0 aromatic heterocycles. The van der Waals surface area contributed by atoms with Gasteiger partial charge in [0.25, 0.3) is 0 Å². The van der Waals surface area contributed by atoms with Gasteiger partial charge >= 0.3 is 0 Å². The topological polar surface area (TPSA) is 12.0 Å². The van der Waals surface area contributed by atoms with E-state index in [0.29, 0.717) is 0 Å². The summed E-state index contributed by atoms with van der Waals surface area (Å²) in [5, 5.41) is 3.39. The average Bonchev–Trinajstić information content (AvgIpc) is 1.90. The largest absolute Gasteiger partial charge is 0.306 e. The highest BCUT2D eigenvalue weighted by Gasteiger charge is 2.15. The Morgan fingerprint density at radius 2 is 2.00 bits per heavy atom. The lowest BCUT2D eigenvalue weighted by Gasteiger charge is -2.24. The van der Waals surface area contributed by atoms with E-state index in [0.717, 1.165) is 12.5 Å². The van der Waals surface area contributed by atoms with E-state index in [1.54, 1.807) is 0 Å². The lowest BCUT2D eigenvalue weighted by Crippen LogP contribution is -2.27. The van der Waals surface area contributed by atoms with Gasteiger partial charge in [0.05, 0.1) is 6.54 Å². The van der Waals surface area contributed by atoms with Crippen LogP contribution in [0.3, 0.4) is 0 Å². The van der Waals surface area contributed by atoms with Crippen LogP contribution in [0.4, 0.5) is 0 Å². The first-order valence-corrected chi connectivity index (χ1v) is 5.29. The molecule has 1 rings (SSSR count). The minimum Gasteiger partial charge on any atom is -0.306 e. The number of hydrogen-bond acceptors (Lipinski definition) is 1. The second-order valence-corrected chi connectivity index (χ2v) is 4.98. The van der Waals surface area contributed by atoms with Crippen molar-refractivity contribution >= 4 is 0 Å². The molecule has 0 aromatic carbocycles. The maximum absolute atomic E-state index is 3.39. The Morgan fingerprint density at radius 3 is 2.46 bits per heavy atom. The monoisotopic (exact) mass is 179 g/mol. The van der Waals surface area contributed by atoms with Crippen molar-refractivity contribution in [2.24, 2.45) is 11.3 Å². The second-order valence-electron chi connectivity index (χ2n) is 4.98. The van der Waals surface area contributed by atoms with Gasteiger partial charge in [-0.2, -0.15) is 0 Å². The van der Waals surface area contributed by atoms with E-state index >= 15 is 0 Å². The number of hydrogen-bond donors (Lipinski definition) is 1. The standard InChI is InChI=1S/C12H21N/c1-12(2,3)8-5-9-13-10-11-6-4-7-11/h11,13H,4,6-7,9-10H2,1-3H3. The molecule has 1 N–H and O–H groups in total. The molecule has 0 saturated heterocycles. The van der Waals surface area contributed by atoms with Crippen LogP contribution < -0.4 is 5.32 Å². The molecule has 1 nitrogen and oxygen atoms in total. The van der Waals surface area contributed by atoms with E-state index in [9.17, 15) is 0 Å². The van der Waals surface area contributed by atoms with Crippen molar-refractivity contribution in [1.82, 2.24) is 5.32 Å². The smallest absolute Gasteiger partial charge is 0.0576 e. The highest BCUT2D eigenvalue weighted by Crippen LogP contribution is 2.24. The van der Waals surface area contributed by atoms with Crippen molar-refractivity contribution in [2.45, 2.75) is 40.0 Å². The second kappa shape index (κ2) is 4.67. The molecule has 0 aliphatic heterocycles. The molecule has 0 amide bonds. The van der Waals surface area contributed by atoms with Crippen molar-refractivity contribution in [3.05, 3.63) is 0 Å². The number of rotatable bonds is 3.